The Bertz CT molecular complexity index is 419. The van der Waals surface area contributed by atoms with Crippen LogP contribution in [0.3, 0.4) is 0 Å². The van der Waals surface area contributed by atoms with Crippen LogP contribution in [0.15, 0.2) is 18.3 Å². The summed E-state index contributed by atoms with van der Waals surface area (Å²) in [5.41, 5.74) is 7.00. The van der Waals surface area contributed by atoms with Crippen LogP contribution < -0.4 is 10.6 Å². The van der Waals surface area contributed by atoms with Crippen molar-refractivity contribution in [3.05, 3.63) is 23.9 Å². The Balaban J connectivity index is 0.00000242. The van der Waals surface area contributed by atoms with Gasteiger partial charge in [0.25, 0.3) is 0 Å². The maximum atomic E-state index is 5.69. The average molecular weight is 327 g/mol. The first-order valence-corrected chi connectivity index (χ1v) is 8.20. The number of pyridine rings is 1. The SMILES string of the molecule is CC(C)N(C)c1ccc(CN2CCCC(CCN)C2)cn1.Cl. The van der Waals surface area contributed by atoms with E-state index in [4.69, 9.17) is 5.73 Å². The minimum Gasteiger partial charge on any atom is -0.357 e. The molecule has 1 saturated heterocycles. The molecule has 1 aromatic heterocycles. The molecular weight excluding hydrogens is 296 g/mol. The molecule has 5 heteroatoms. The first-order chi connectivity index (χ1) is 10.1. The first-order valence-electron chi connectivity index (χ1n) is 8.20. The van der Waals surface area contributed by atoms with Gasteiger partial charge in [0.05, 0.1) is 0 Å². The van der Waals surface area contributed by atoms with E-state index in [0.29, 0.717) is 6.04 Å². The molecule has 126 valence electrons. The minimum atomic E-state index is 0. The summed E-state index contributed by atoms with van der Waals surface area (Å²) in [4.78, 5) is 9.34. The van der Waals surface area contributed by atoms with E-state index in [-0.39, 0.29) is 12.4 Å². The number of hydrogen-bond acceptors (Lipinski definition) is 4. The Morgan fingerprint density at radius 3 is 2.77 bits per heavy atom. The van der Waals surface area contributed by atoms with Gasteiger partial charge in [0.2, 0.25) is 0 Å². The molecule has 1 aromatic rings. The van der Waals surface area contributed by atoms with Crippen LogP contribution in [0.1, 0.15) is 38.7 Å². The zero-order chi connectivity index (χ0) is 15.2. The molecule has 22 heavy (non-hydrogen) atoms. The topological polar surface area (TPSA) is 45.4 Å². The second kappa shape index (κ2) is 9.33. The van der Waals surface area contributed by atoms with E-state index in [2.05, 4.69) is 47.8 Å². The van der Waals surface area contributed by atoms with Crippen LogP contribution in [-0.2, 0) is 6.54 Å². The average Bonchev–Trinajstić information content (AvgIpc) is 2.48. The fraction of sp³-hybridized carbons (Fsp3) is 0.706. The van der Waals surface area contributed by atoms with E-state index in [0.717, 1.165) is 31.2 Å². The quantitative estimate of drug-likeness (QED) is 0.873. The molecule has 1 atom stereocenters. The summed E-state index contributed by atoms with van der Waals surface area (Å²) in [6.45, 7) is 8.58. The number of nitrogens with two attached hydrogens (primary N) is 1. The van der Waals surface area contributed by atoms with Gasteiger partial charge in [-0.2, -0.15) is 0 Å². The molecule has 1 aliphatic rings. The smallest absolute Gasteiger partial charge is 0.128 e. The van der Waals surface area contributed by atoms with Gasteiger partial charge in [-0.1, -0.05) is 6.07 Å². The predicted molar refractivity (Wildman–Crippen MR) is 96.7 cm³/mol. The number of likely N-dealkylation sites (tertiary alicyclic amines) is 1. The van der Waals surface area contributed by atoms with E-state index < -0.39 is 0 Å². The Hall–Kier alpha value is -0.840. The molecule has 0 aliphatic carbocycles. The van der Waals surface area contributed by atoms with Gasteiger partial charge >= 0.3 is 0 Å². The van der Waals surface area contributed by atoms with E-state index in [1.807, 2.05) is 6.20 Å². The zero-order valence-corrected chi connectivity index (χ0v) is 15.0. The number of nitrogens with zero attached hydrogens (tertiary/aromatic N) is 3. The number of hydrogen-bond donors (Lipinski definition) is 1. The number of aromatic nitrogens is 1. The van der Waals surface area contributed by atoms with Crippen molar-refractivity contribution in [3.8, 4) is 0 Å². The maximum Gasteiger partial charge on any atom is 0.128 e. The van der Waals surface area contributed by atoms with Crippen molar-refractivity contribution >= 4 is 18.2 Å². The highest BCUT2D eigenvalue weighted by molar-refractivity contribution is 5.85. The summed E-state index contributed by atoms with van der Waals surface area (Å²) in [6.07, 6.45) is 5.82. The summed E-state index contributed by atoms with van der Waals surface area (Å²) >= 11 is 0. The van der Waals surface area contributed by atoms with Crippen molar-refractivity contribution in [1.29, 1.82) is 0 Å². The van der Waals surface area contributed by atoms with Crippen molar-refractivity contribution in [2.75, 3.05) is 31.6 Å². The van der Waals surface area contributed by atoms with Crippen LogP contribution in [-0.4, -0.2) is 42.6 Å². The third-order valence-electron chi connectivity index (χ3n) is 4.53. The molecule has 0 spiro atoms. The van der Waals surface area contributed by atoms with Crippen molar-refractivity contribution in [1.82, 2.24) is 9.88 Å². The highest BCUT2D eigenvalue weighted by Gasteiger charge is 2.19. The number of halogens is 1. The lowest BCUT2D eigenvalue weighted by Gasteiger charge is -2.32. The number of rotatable bonds is 6. The monoisotopic (exact) mass is 326 g/mol. The third-order valence-corrected chi connectivity index (χ3v) is 4.53. The molecule has 2 N–H and O–H groups in total. The molecule has 1 unspecified atom stereocenters. The van der Waals surface area contributed by atoms with Crippen molar-refractivity contribution in [2.24, 2.45) is 11.7 Å². The lowest BCUT2D eigenvalue weighted by atomic mass is 9.94. The summed E-state index contributed by atoms with van der Waals surface area (Å²) in [5.74, 6) is 1.83. The van der Waals surface area contributed by atoms with Gasteiger partial charge in [0.1, 0.15) is 5.82 Å². The second-order valence-corrected chi connectivity index (χ2v) is 6.55. The van der Waals surface area contributed by atoms with E-state index in [1.165, 1.54) is 31.5 Å². The largest absolute Gasteiger partial charge is 0.357 e. The minimum absolute atomic E-state index is 0. The molecule has 4 nitrogen and oxygen atoms in total. The maximum absolute atomic E-state index is 5.69. The summed E-state index contributed by atoms with van der Waals surface area (Å²) in [7, 11) is 2.09. The van der Waals surface area contributed by atoms with Gasteiger partial charge in [-0.25, -0.2) is 4.98 Å². The Morgan fingerprint density at radius 1 is 1.41 bits per heavy atom. The van der Waals surface area contributed by atoms with Gasteiger partial charge in [0.15, 0.2) is 0 Å². The van der Waals surface area contributed by atoms with Crippen molar-refractivity contribution in [2.45, 2.75) is 45.7 Å². The highest BCUT2D eigenvalue weighted by Crippen LogP contribution is 2.21. The third kappa shape index (κ3) is 5.41. The Morgan fingerprint density at radius 2 is 2.18 bits per heavy atom. The van der Waals surface area contributed by atoms with E-state index in [9.17, 15) is 0 Å². The summed E-state index contributed by atoms with van der Waals surface area (Å²) < 4.78 is 0. The lowest BCUT2D eigenvalue weighted by Crippen LogP contribution is -2.35. The normalized spacial score (nSPS) is 19.0. The Labute approximate surface area is 141 Å². The number of anilines is 1. The molecule has 1 fully saturated rings. The van der Waals surface area contributed by atoms with Crippen LogP contribution in [0.25, 0.3) is 0 Å². The Kier molecular flexibility index (Phi) is 8.15. The second-order valence-electron chi connectivity index (χ2n) is 6.55. The van der Waals surface area contributed by atoms with Crippen LogP contribution >= 0.6 is 12.4 Å². The van der Waals surface area contributed by atoms with Gasteiger partial charge < -0.3 is 10.6 Å². The van der Waals surface area contributed by atoms with Gasteiger partial charge in [0, 0.05) is 32.4 Å². The molecule has 0 amide bonds. The predicted octanol–water partition coefficient (Wildman–Crippen LogP) is 2.91. The highest BCUT2D eigenvalue weighted by atomic mass is 35.5. The molecule has 0 saturated carbocycles. The zero-order valence-electron chi connectivity index (χ0n) is 14.2. The fourth-order valence-corrected chi connectivity index (χ4v) is 3.01. The first kappa shape index (κ1) is 19.2. The van der Waals surface area contributed by atoms with Gasteiger partial charge in [-0.3, -0.25) is 4.90 Å². The van der Waals surface area contributed by atoms with Crippen molar-refractivity contribution in [3.63, 3.8) is 0 Å². The standard InChI is InChI=1S/C17H30N4.ClH/c1-14(2)20(3)17-7-6-16(11-19-17)13-21-10-4-5-15(12-21)8-9-18;/h6-7,11,14-15H,4-5,8-10,12-13,18H2,1-3H3;1H. The van der Waals surface area contributed by atoms with E-state index >= 15 is 0 Å². The molecule has 1 aliphatic heterocycles. The van der Waals surface area contributed by atoms with Crippen LogP contribution in [0, 0.1) is 5.92 Å². The van der Waals surface area contributed by atoms with Crippen LogP contribution in [0.2, 0.25) is 0 Å². The number of piperidine rings is 1. The molecule has 0 radical (unpaired) electrons. The molecule has 2 heterocycles. The molecule has 0 bridgehead atoms. The van der Waals surface area contributed by atoms with Gasteiger partial charge in [-0.15, -0.1) is 12.4 Å². The molecule has 2 rings (SSSR count). The molecular formula is C17H31ClN4. The van der Waals surface area contributed by atoms with Crippen LogP contribution in [0.4, 0.5) is 5.82 Å². The lowest BCUT2D eigenvalue weighted by molar-refractivity contribution is 0.163. The van der Waals surface area contributed by atoms with Crippen LogP contribution in [0.5, 0.6) is 0 Å². The van der Waals surface area contributed by atoms with Gasteiger partial charge in [-0.05, 0) is 63.7 Å². The fourth-order valence-electron chi connectivity index (χ4n) is 3.01. The summed E-state index contributed by atoms with van der Waals surface area (Å²) in [6, 6.07) is 4.83. The van der Waals surface area contributed by atoms with E-state index in [1.54, 1.807) is 0 Å². The van der Waals surface area contributed by atoms with Crippen molar-refractivity contribution < 1.29 is 0 Å². The molecule has 0 aromatic carbocycles. The summed E-state index contributed by atoms with van der Waals surface area (Å²) in [5, 5.41) is 0.